The highest BCUT2D eigenvalue weighted by molar-refractivity contribution is 5.52. The van der Waals surface area contributed by atoms with Crippen molar-refractivity contribution < 1.29 is 4.74 Å². The van der Waals surface area contributed by atoms with E-state index in [0.717, 1.165) is 31.0 Å². The zero-order valence-electron chi connectivity index (χ0n) is 10.9. The van der Waals surface area contributed by atoms with E-state index >= 15 is 0 Å². The van der Waals surface area contributed by atoms with Crippen LogP contribution in [-0.4, -0.2) is 42.3 Å². The normalized spacial score (nSPS) is 19.2. The fourth-order valence-corrected chi connectivity index (χ4v) is 2.28. The Labute approximate surface area is 102 Å². The minimum Gasteiger partial charge on any atom is -0.481 e. The van der Waals surface area contributed by atoms with Crippen LogP contribution in [0.25, 0.3) is 0 Å². The van der Waals surface area contributed by atoms with Crippen molar-refractivity contribution >= 4 is 5.82 Å². The first-order valence-corrected chi connectivity index (χ1v) is 5.90. The van der Waals surface area contributed by atoms with Gasteiger partial charge in [-0.1, -0.05) is 0 Å². The molecule has 0 atom stereocenters. The first-order valence-electron chi connectivity index (χ1n) is 5.90. The van der Waals surface area contributed by atoms with Crippen molar-refractivity contribution in [1.82, 2.24) is 15.3 Å². The molecular weight excluding hydrogens is 216 g/mol. The summed E-state index contributed by atoms with van der Waals surface area (Å²) in [5, 5.41) is 3.41. The molecule has 17 heavy (non-hydrogen) atoms. The molecule has 1 aromatic rings. The Morgan fingerprint density at radius 1 is 1.41 bits per heavy atom. The van der Waals surface area contributed by atoms with Crippen LogP contribution in [0.2, 0.25) is 0 Å². The summed E-state index contributed by atoms with van der Waals surface area (Å²) < 4.78 is 5.25. The molecule has 2 rings (SSSR count). The number of hydrogen-bond donors (Lipinski definition) is 1. The molecule has 0 spiro atoms. The number of aromatic nitrogens is 2. The van der Waals surface area contributed by atoms with Crippen LogP contribution in [0.1, 0.15) is 19.4 Å². The van der Waals surface area contributed by atoms with Gasteiger partial charge >= 0.3 is 0 Å². The van der Waals surface area contributed by atoms with Crippen molar-refractivity contribution in [2.24, 2.45) is 0 Å². The highest BCUT2D eigenvalue weighted by atomic mass is 16.5. The number of methoxy groups -OCH3 is 1. The lowest BCUT2D eigenvalue weighted by Gasteiger charge is -2.44. The van der Waals surface area contributed by atoms with Gasteiger partial charge in [0.1, 0.15) is 12.1 Å². The predicted octanol–water partition coefficient (Wildman–Crippen LogP) is 0.982. The molecule has 1 saturated heterocycles. The average molecular weight is 236 g/mol. The molecule has 1 N–H and O–H groups in total. The van der Waals surface area contributed by atoms with Gasteiger partial charge in [-0.25, -0.2) is 9.97 Å². The Balaban J connectivity index is 2.39. The third kappa shape index (κ3) is 2.20. The number of nitrogens with zero attached hydrogens (tertiary/aromatic N) is 3. The summed E-state index contributed by atoms with van der Waals surface area (Å²) in [6.07, 6.45) is 1.57. The number of rotatable bonds is 2. The van der Waals surface area contributed by atoms with Gasteiger partial charge in [0, 0.05) is 25.2 Å². The zero-order chi connectivity index (χ0) is 12.5. The number of hydrogen-bond acceptors (Lipinski definition) is 5. The van der Waals surface area contributed by atoms with Gasteiger partial charge in [0.2, 0.25) is 5.88 Å². The molecule has 0 bridgehead atoms. The van der Waals surface area contributed by atoms with E-state index in [1.807, 2.05) is 6.92 Å². The average Bonchev–Trinajstić information content (AvgIpc) is 2.30. The molecule has 5 nitrogen and oxygen atoms in total. The van der Waals surface area contributed by atoms with E-state index in [0.29, 0.717) is 5.88 Å². The summed E-state index contributed by atoms with van der Waals surface area (Å²) in [5.74, 6) is 1.63. The molecule has 0 unspecified atom stereocenters. The first-order chi connectivity index (χ1) is 8.06. The van der Waals surface area contributed by atoms with Crippen LogP contribution in [-0.2, 0) is 0 Å². The molecule has 1 aromatic heterocycles. The highest BCUT2D eigenvalue weighted by Crippen LogP contribution is 2.29. The maximum Gasteiger partial charge on any atom is 0.221 e. The van der Waals surface area contributed by atoms with Crippen molar-refractivity contribution in [3.8, 4) is 5.88 Å². The van der Waals surface area contributed by atoms with Gasteiger partial charge in [0.15, 0.2) is 0 Å². The van der Waals surface area contributed by atoms with Crippen LogP contribution in [0.4, 0.5) is 5.82 Å². The lowest BCUT2D eigenvalue weighted by Crippen LogP contribution is -2.58. The van der Waals surface area contributed by atoms with Gasteiger partial charge in [0.25, 0.3) is 0 Å². The van der Waals surface area contributed by atoms with Crippen LogP contribution in [0.3, 0.4) is 0 Å². The molecule has 0 aromatic carbocycles. The van der Waals surface area contributed by atoms with Gasteiger partial charge < -0.3 is 15.0 Å². The minimum atomic E-state index is 0.0579. The van der Waals surface area contributed by atoms with Gasteiger partial charge in [-0.05, 0) is 20.8 Å². The van der Waals surface area contributed by atoms with Crippen molar-refractivity contribution in [3.05, 3.63) is 11.9 Å². The van der Waals surface area contributed by atoms with Crippen LogP contribution >= 0.6 is 0 Å². The number of nitrogens with one attached hydrogen (secondary N) is 1. The van der Waals surface area contributed by atoms with Gasteiger partial charge in [0.05, 0.1) is 12.7 Å². The van der Waals surface area contributed by atoms with E-state index in [2.05, 4.69) is 34.0 Å². The molecular formula is C12H20N4O. The third-order valence-electron chi connectivity index (χ3n) is 3.26. The second-order valence-electron chi connectivity index (χ2n) is 4.97. The lowest BCUT2D eigenvalue weighted by molar-refractivity contribution is 0.371. The number of piperazine rings is 1. The summed E-state index contributed by atoms with van der Waals surface area (Å²) in [5.41, 5.74) is 1.06. The summed E-state index contributed by atoms with van der Waals surface area (Å²) in [6, 6.07) is 0. The van der Waals surface area contributed by atoms with Crippen molar-refractivity contribution in [3.63, 3.8) is 0 Å². The molecule has 1 aliphatic heterocycles. The highest BCUT2D eigenvalue weighted by Gasteiger charge is 2.32. The van der Waals surface area contributed by atoms with Crippen LogP contribution < -0.4 is 15.0 Å². The van der Waals surface area contributed by atoms with Crippen molar-refractivity contribution in [2.75, 3.05) is 31.6 Å². The minimum absolute atomic E-state index is 0.0579. The van der Waals surface area contributed by atoms with E-state index in [4.69, 9.17) is 4.74 Å². The van der Waals surface area contributed by atoms with Crippen molar-refractivity contribution in [2.45, 2.75) is 26.3 Å². The maximum absolute atomic E-state index is 5.25. The molecule has 1 fully saturated rings. The Kier molecular flexibility index (Phi) is 3.19. The maximum atomic E-state index is 5.25. The number of ether oxygens (including phenoxy) is 1. The largest absolute Gasteiger partial charge is 0.481 e. The molecule has 0 radical (unpaired) electrons. The molecule has 1 aliphatic rings. The Hall–Kier alpha value is -1.36. The monoisotopic (exact) mass is 236 g/mol. The standard InChI is InChI=1S/C12H20N4O/c1-9-10(14-8-15-11(9)17-4)16-6-5-13-7-12(16,2)3/h8,13H,5-7H2,1-4H3. The zero-order valence-corrected chi connectivity index (χ0v) is 10.9. The molecule has 0 aliphatic carbocycles. The Bertz CT molecular complexity index is 405. The summed E-state index contributed by atoms with van der Waals surface area (Å²) in [4.78, 5) is 10.9. The number of anilines is 1. The summed E-state index contributed by atoms with van der Waals surface area (Å²) in [7, 11) is 1.64. The van der Waals surface area contributed by atoms with E-state index < -0.39 is 0 Å². The molecule has 0 saturated carbocycles. The fourth-order valence-electron chi connectivity index (χ4n) is 2.28. The fraction of sp³-hybridized carbons (Fsp3) is 0.667. The van der Waals surface area contributed by atoms with Crippen LogP contribution in [0.5, 0.6) is 5.88 Å². The van der Waals surface area contributed by atoms with Gasteiger partial charge in [-0.15, -0.1) is 0 Å². The molecule has 2 heterocycles. The smallest absolute Gasteiger partial charge is 0.221 e. The summed E-state index contributed by atoms with van der Waals surface area (Å²) >= 11 is 0. The van der Waals surface area contributed by atoms with Crippen LogP contribution in [0.15, 0.2) is 6.33 Å². The molecule has 5 heteroatoms. The quantitative estimate of drug-likeness (QED) is 0.829. The third-order valence-corrected chi connectivity index (χ3v) is 3.26. The van der Waals surface area contributed by atoms with E-state index in [9.17, 15) is 0 Å². The van der Waals surface area contributed by atoms with E-state index in [-0.39, 0.29) is 5.54 Å². The lowest BCUT2D eigenvalue weighted by atomic mass is 9.99. The SMILES string of the molecule is COc1ncnc(N2CCNCC2(C)C)c1C. The Morgan fingerprint density at radius 3 is 2.82 bits per heavy atom. The topological polar surface area (TPSA) is 50.3 Å². The second kappa shape index (κ2) is 4.49. The van der Waals surface area contributed by atoms with Gasteiger partial charge in [-0.3, -0.25) is 0 Å². The van der Waals surface area contributed by atoms with Gasteiger partial charge in [-0.2, -0.15) is 0 Å². The predicted molar refractivity (Wildman–Crippen MR) is 67.6 cm³/mol. The van der Waals surface area contributed by atoms with E-state index in [1.165, 1.54) is 0 Å². The van der Waals surface area contributed by atoms with Crippen LogP contribution in [0, 0.1) is 6.92 Å². The van der Waals surface area contributed by atoms with Crippen molar-refractivity contribution in [1.29, 1.82) is 0 Å². The first kappa shape index (κ1) is 12.1. The molecule has 0 amide bonds. The summed E-state index contributed by atoms with van der Waals surface area (Å²) in [6.45, 7) is 9.33. The second-order valence-corrected chi connectivity index (χ2v) is 4.97. The Morgan fingerprint density at radius 2 is 2.18 bits per heavy atom. The van der Waals surface area contributed by atoms with E-state index in [1.54, 1.807) is 13.4 Å². The molecule has 94 valence electrons.